The largest absolute Gasteiger partial charge is 0.490 e. The lowest BCUT2D eigenvalue weighted by Gasteiger charge is -2.19. The average molecular weight is 380 g/mol. The molecule has 0 spiro atoms. The summed E-state index contributed by atoms with van der Waals surface area (Å²) in [5.74, 6) is 1.36. The highest BCUT2D eigenvalue weighted by Crippen LogP contribution is 2.39. The SMILES string of the molecule is Fc1ccc(OCCOc2ccc3c4c2c2c(n4CCC3)CCNCC2)cc1. The van der Waals surface area contributed by atoms with Crippen LogP contribution in [0.1, 0.15) is 23.2 Å². The van der Waals surface area contributed by atoms with Gasteiger partial charge < -0.3 is 19.4 Å². The quantitative estimate of drug-likeness (QED) is 0.683. The van der Waals surface area contributed by atoms with Crippen molar-refractivity contribution in [2.75, 3.05) is 26.3 Å². The lowest BCUT2D eigenvalue weighted by molar-refractivity contribution is 0.218. The second-order valence-corrected chi connectivity index (χ2v) is 7.53. The molecule has 0 amide bonds. The lowest BCUT2D eigenvalue weighted by atomic mass is 10.0. The Bertz CT molecular complexity index is 994. The Morgan fingerprint density at radius 2 is 1.75 bits per heavy atom. The number of aryl methyl sites for hydroxylation is 2. The highest BCUT2D eigenvalue weighted by atomic mass is 19.1. The van der Waals surface area contributed by atoms with Gasteiger partial charge in [0, 0.05) is 30.6 Å². The molecule has 146 valence electrons. The van der Waals surface area contributed by atoms with Gasteiger partial charge in [0.15, 0.2) is 0 Å². The van der Waals surface area contributed by atoms with Gasteiger partial charge in [0.25, 0.3) is 0 Å². The maximum Gasteiger partial charge on any atom is 0.129 e. The van der Waals surface area contributed by atoms with Gasteiger partial charge in [-0.1, -0.05) is 6.07 Å². The molecule has 5 rings (SSSR count). The first-order chi connectivity index (χ1) is 13.8. The van der Waals surface area contributed by atoms with Crippen molar-refractivity contribution in [3.63, 3.8) is 0 Å². The van der Waals surface area contributed by atoms with E-state index in [0.717, 1.165) is 44.6 Å². The van der Waals surface area contributed by atoms with Gasteiger partial charge in [0.2, 0.25) is 0 Å². The molecule has 0 aliphatic carbocycles. The summed E-state index contributed by atoms with van der Waals surface area (Å²) >= 11 is 0. The molecular weight excluding hydrogens is 355 g/mol. The molecule has 0 saturated carbocycles. The monoisotopic (exact) mass is 380 g/mol. The van der Waals surface area contributed by atoms with Crippen molar-refractivity contribution in [3.05, 3.63) is 59.0 Å². The van der Waals surface area contributed by atoms with Gasteiger partial charge >= 0.3 is 0 Å². The minimum atomic E-state index is -0.257. The molecule has 2 aromatic carbocycles. The third kappa shape index (κ3) is 3.14. The number of aromatic nitrogens is 1. The normalized spacial score (nSPS) is 15.9. The van der Waals surface area contributed by atoms with Crippen molar-refractivity contribution in [1.82, 2.24) is 9.88 Å². The molecule has 2 aliphatic heterocycles. The van der Waals surface area contributed by atoms with Crippen molar-refractivity contribution < 1.29 is 13.9 Å². The first-order valence-corrected chi connectivity index (χ1v) is 10.2. The maximum absolute atomic E-state index is 13.0. The van der Waals surface area contributed by atoms with E-state index in [2.05, 4.69) is 22.0 Å². The molecule has 0 bridgehead atoms. The molecule has 1 N–H and O–H groups in total. The zero-order valence-corrected chi connectivity index (χ0v) is 16.0. The summed E-state index contributed by atoms with van der Waals surface area (Å²) in [7, 11) is 0. The number of hydrogen-bond donors (Lipinski definition) is 1. The minimum Gasteiger partial charge on any atom is -0.490 e. The van der Waals surface area contributed by atoms with Crippen LogP contribution in [0.3, 0.4) is 0 Å². The van der Waals surface area contributed by atoms with Gasteiger partial charge in [0.05, 0.1) is 5.52 Å². The molecule has 0 fully saturated rings. The van der Waals surface area contributed by atoms with Crippen LogP contribution in [-0.2, 0) is 25.8 Å². The first-order valence-electron chi connectivity index (χ1n) is 10.2. The van der Waals surface area contributed by atoms with Crippen LogP contribution in [-0.4, -0.2) is 30.9 Å². The Hall–Kier alpha value is -2.53. The number of rotatable bonds is 5. The van der Waals surface area contributed by atoms with E-state index < -0.39 is 0 Å². The summed E-state index contributed by atoms with van der Waals surface area (Å²) in [5, 5.41) is 4.83. The van der Waals surface area contributed by atoms with E-state index in [9.17, 15) is 4.39 Å². The minimum absolute atomic E-state index is 0.257. The topological polar surface area (TPSA) is 35.4 Å². The standard InChI is InChI=1S/C23H25FN2O2/c24-17-4-6-18(7-5-17)27-14-15-28-21-8-3-16-2-1-13-26-20-10-12-25-11-9-19(20)22(21)23(16)26/h3-8,25H,1-2,9-15H2. The second-order valence-electron chi connectivity index (χ2n) is 7.53. The maximum atomic E-state index is 13.0. The smallest absolute Gasteiger partial charge is 0.129 e. The van der Waals surface area contributed by atoms with Gasteiger partial charge in [0.1, 0.15) is 30.5 Å². The summed E-state index contributed by atoms with van der Waals surface area (Å²) in [6.45, 7) is 4.06. The summed E-state index contributed by atoms with van der Waals surface area (Å²) < 4.78 is 27.4. The Kier molecular flexibility index (Phi) is 4.69. The molecule has 2 aliphatic rings. The number of fused-ring (bicyclic) bond motifs is 3. The number of halogens is 1. The van der Waals surface area contributed by atoms with Crippen molar-refractivity contribution in [2.24, 2.45) is 0 Å². The van der Waals surface area contributed by atoms with Crippen LogP contribution >= 0.6 is 0 Å². The van der Waals surface area contributed by atoms with Crippen LogP contribution in [0.5, 0.6) is 11.5 Å². The predicted molar refractivity (Wildman–Crippen MR) is 108 cm³/mol. The number of nitrogens with one attached hydrogen (secondary N) is 1. The molecule has 4 nitrogen and oxygen atoms in total. The number of nitrogens with zero attached hydrogens (tertiary/aromatic N) is 1. The molecular formula is C23H25FN2O2. The van der Waals surface area contributed by atoms with Crippen molar-refractivity contribution in [1.29, 1.82) is 0 Å². The molecule has 0 saturated heterocycles. The van der Waals surface area contributed by atoms with E-state index in [-0.39, 0.29) is 5.82 Å². The van der Waals surface area contributed by atoms with Crippen molar-refractivity contribution in [3.8, 4) is 11.5 Å². The van der Waals surface area contributed by atoms with E-state index in [1.807, 2.05) is 0 Å². The summed E-state index contributed by atoms with van der Waals surface area (Å²) in [5.41, 5.74) is 5.77. The summed E-state index contributed by atoms with van der Waals surface area (Å²) in [6, 6.07) is 10.4. The predicted octanol–water partition coefficient (Wildman–Crippen LogP) is 3.87. The Balaban J connectivity index is 1.40. The van der Waals surface area contributed by atoms with E-state index in [1.165, 1.54) is 46.3 Å². The van der Waals surface area contributed by atoms with Gasteiger partial charge in [-0.05, 0) is 67.3 Å². The van der Waals surface area contributed by atoms with Gasteiger partial charge in [-0.15, -0.1) is 0 Å². The molecule has 28 heavy (non-hydrogen) atoms. The van der Waals surface area contributed by atoms with Crippen LogP contribution in [0.2, 0.25) is 0 Å². The van der Waals surface area contributed by atoms with E-state index in [1.54, 1.807) is 12.1 Å². The van der Waals surface area contributed by atoms with Crippen molar-refractivity contribution >= 4 is 10.9 Å². The fraction of sp³-hybridized carbons (Fsp3) is 0.391. The zero-order valence-electron chi connectivity index (χ0n) is 16.0. The fourth-order valence-corrected chi connectivity index (χ4v) is 4.60. The zero-order chi connectivity index (χ0) is 18.9. The van der Waals surface area contributed by atoms with Gasteiger partial charge in [-0.25, -0.2) is 4.39 Å². The van der Waals surface area contributed by atoms with Crippen LogP contribution in [0.4, 0.5) is 4.39 Å². The molecule has 0 atom stereocenters. The molecule has 3 aromatic rings. The third-order valence-corrected chi connectivity index (χ3v) is 5.81. The number of hydrogen-bond acceptors (Lipinski definition) is 3. The molecule has 0 unspecified atom stereocenters. The van der Waals surface area contributed by atoms with Crippen LogP contribution in [0.25, 0.3) is 10.9 Å². The van der Waals surface area contributed by atoms with Crippen LogP contribution in [0, 0.1) is 5.82 Å². The Morgan fingerprint density at radius 3 is 2.64 bits per heavy atom. The summed E-state index contributed by atoms with van der Waals surface area (Å²) in [4.78, 5) is 0. The molecule has 5 heteroatoms. The highest BCUT2D eigenvalue weighted by molar-refractivity contribution is 5.94. The molecule has 0 radical (unpaired) electrons. The number of ether oxygens (including phenoxy) is 2. The lowest BCUT2D eigenvalue weighted by Crippen LogP contribution is -2.18. The Morgan fingerprint density at radius 1 is 0.929 bits per heavy atom. The van der Waals surface area contributed by atoms with E-state index >= 15 is 0 Å². The van der Waals surface area contributed by atoms with E-state index in [0.29, 0.717) is 19.0 Å². The highest BCUT2D eigenvalue weighted by Gasteiger charge is 2.25. The molecule has 3 heterocycles. The van der Waals surface area contributed by atoms with Crippen LogP contribution in [0.15, 0.2) is 36.4 Å². The van der Waals surface area contributed by atoms with Gasteiger partial charge in [-0.2, -0.15) is 0 Å². The van der Waals surface area contributed by atoms with Crippen molar-refractivity contribution in [2.45, 2.75) is 32.2 Å². The fourth-order valence-electron chi connectivity index (χ4n) is 4.60. The van der Waals surface area contributed by atoms with E-state index in [4.69, 9.17) is 9.47 Å². The second kappa shape index (κ2) is 7.47. The molecule has 1 aromatic heterocycles. The van der Waals surface area contributed by atoms with Gasteiger partial charge in [-0.3, -0.25) is 0 Å². The third-order valence-electron chi connectivity index (χ3n) is 5.81. The average Bonchev–Trinajstić information content (AvgIpc) is 2.88. The van der Waals surface area contributed by atoms with Crippen LogP contribution < -0.4 is 14.8 Å². The number of benzene rings is 2. The first kappa shape index (κ1) is 17.6. The Labute approximate surface area is 164 Å². The summed E-state index contributed by atoms with van der Waals surface area (Å²) in [6.07, 6.45) is 4.48.